The zero-order valence-electron chi connectivity index (χ0n) is 20.9. The van der Waals surface area contributed by atoms with Crippen molar-refractivity contribution in [1.82, 2.24) is 5.32 Å². The second-order valence-corrected chi connectivity index (χ2v) is 8.10. The molecule has 1 fully saturated rings. The van der Waals surface area contributed by atoms with Crippen molar-refractivity contribution in [2.75, 3.05) is 31.0 Å². The van der Waals surface area contributed by atoms with Crippen molar-refractivity contribution in [1.29, 1.82) is 0 Å². The smallest absolute Gasteiger partial charge is 0.337 e. The highest BCUT2D eigenvalue weighted by Crippen LogP contribution is 2.26. The van der Waals surface area contributed by atoms with Crippen LogP contribution in [0.15, 0.2) is 78.4 Å². The first kappa shape index (κ1) is 26.6. The normalized spacial score (nSPS) is 14.1. The molecule has 1 heterocycles. The Bertz CT molecular complexity index is 1460. The van der Waals surface area contributed by atoms with E-state index in [0.717, 1.165) is 4.90 Å². The minimum absolute atomic E-state index is 0.142. The molecule has 1 aliphatic rings. The van der Waals surface area contributed by atoms with Crippen molar-refractivity contribution in [3.8, 4) is 11.5 Å². The van der Waals surface area contributed by atoms with E-state index in [9.17, 15) is 24.0 Å². The van der Waals surface area contributed by atoms with Crippen LogP contribution in [0.3, 0.4) is 0 Å². The number of methoxy groups -OCH3 is 2. The zero-order valence-corrected chi connectivity index (χ0v) is 20.9. The van der Waals surface area contributed by atoms with Gasteiger partial charge in [-0.15, -0.1) is 0 Å². The Morgan fingerprint density at radius 2 is 1.62 bits per heavy atom. The summed E-state index contributed by atoms with van der Waals surface area (Å²) < 4.78 is 15.4. The number of urea groups is 1. The van der Waals surface area contributed by atoms with Gasteiger partial charge in [-0.3, -0.25) is 19.7 Å². The average Bonchev–Trinajstić information content (AvgIpc) is 2.95. The zero-order chi connectivity index (χ0) is 27.9. The van der Waals surface area contributed by atoms with E-state index in [1.165, 1.54) is 44.6 Å². The van der Waals surface area contributed by atoms with Gasteiger partial charge in [0, 0.05) is 11.3 Å². The lowest BCUT2D eigenvalue weighted by atomic mass is 10.1. The first-order valence-corrected chi connectivity index (χ1v) is 11.6. The van der Waals surface area contributed by atoms with Gasteiger partial charge in [0.05, 0.1) is 25.5 Å². The minimum atomic E-state index is -0.937. The van der Waals surface area contributed by atoms with Crippen LogP contribution in [0.25, 0.3) is 6.08 Å². The molecule has 0 aliphatic carbocycles. The van der Waals surface area contributed by atoms with E-state index in [1.54, 1.807) is 48.5 Å². The highest BCUT2D eigenvalue weighted by molar-refractivity contribution is 6.39. The molecular formula is C28H23N3O8. The summed E-state index contributed by atoms with van der Waals surface area (Å²) in [5, 5.41) is 4.83. The monoisotopic (exact) mass is 529 g/mol. The van der Waals surface area contributed by atoms with E-state index in [-0.39, 0.29) is 29.2 Å². The molecule has 3 aromatic carbocycles. The molecule has 4 rings (SSSR count). The number of imide groups is 2. The number of rotatable bonds is 8. The van der Waals surface area contributed by atoms with Gasteiger partial charge < -0.3 is 19.5 Å². The first-order chi connectivity index (χ1) is 18.8. The van der Waals surface area contributed by atoms with E-state index in [4.69, 9.17) is 9.47 Å². The number of esters is 1. The van der Waals surface area contributed by atoms with Crippen LogP contribution in [0, 0.1) is 0 Å². The fraction of sp³-hybridized carbons (Fsp3) is 0.107. The average molecular weight is 530 g/mol. The molecule has 5 amide bonds. The number of carbonyl (C=O) groups is 5. The maximum absolute atomic E-state index is 13.2. The summed E-state index contributed by atoms with van der Waals surface area (Å²) in [4.78, 5) is 63.2. The Hall–Kier alpha value is -5.45. The lowest BCUT2D eigenvalue weighted by Gasteiger charge is -2.26. The van der Waals surface area contributed by atoms with Gasteiger partial charge in [-0.05, 0) is 60.7 Å². The van der Waals surface area contributed by atoms with E-state index in [2.05, 4.69) is 15.4 Å². The molecule has 3 aromatic rings. The summed E-state index contributed by atoms with van der Waals surface area (Å²) in [6.45, 7) is -0.344. The molecule has 0 spiro atoms. The van der Waals surface area contributed by atoms with Gasteiger partial charge in [0.25, 0.3) is 17.7 Å². The number of anilines is 2. The predicted molar refractivity (Wildman–Crippen MR) is 140 cm³/mol. The number of barbiturate groups is 1. The summed E-state index contributed by atoms with van der Waals surface area (Å²) in [5.74, 6) is -1.89. The summed E-state index contributed by atoms with van der Waals surface area (Å²) in [6, 6.07) is 17.9. The van der Waals surface area contributed by atoms with Crippen LogP contribution in [0.5, 0.6) is 11.5 Å². The molecule has 0 atom stereocenters. The number of amides is 5. The molecule has 0 bridgehead atoms. The Morgan fingerprint density at radius 3 is 2.28 bits per heavy atom. The van der Waals surface area contributed by atoms with Crippen LogP contribution < -0.4 is 25.0 Å². The van der Waals surface area contributed by atoms with Crippen molar-refractivity contribution in [2.24, 2.45) is 0 Å². The van der Waals surface area contributed by atoms with Crippen LogP contribution in [-0.4, -0.2) is 50.5 Å². The molecular weight excluding hydrogens is 506 g/mol. The van der Waals surface area contributed by atoms with Crippen molar-refractivity contribution in [3.05, 3.63) is 89.5 Å². The Morgan fingerprint density at radius 1 is 0.923 bits per heavy atom. The van der Waals surface area contributed by atoms with Crippen LogP contribution >= 0.6 is 0 Å². The minimum Gasteiger partial charge on any atom is -0.497 e. The largest absolute Gasteiger partial charge is 0.497 e. The number of hydrogen-bond donors (Lipinski definition) is 2. The fourth-order valence-electron chi connectivity index (χ4n) is 3.66. The molecule has 11 nitrogen and oxygen atoms in total. The van der Waals surface area contributed by atoms with E-state index >= 15 is 0 Å². The molecule has 0 aromatic heterocycles. The predicted octanol–water partition coefficient (Wildman–Crippen LogP) is 3.17. The summed E-state index contributed by atoms with van der Waals surface area (Å²) in [7, 11) is 2.77. The molecule has 0 saturated carbocycles. The maximum Gasteiger partial charge on any atom is 0.337 e. The molecule has 198 valence electrons. The maximum atomic E-state index is 13.2. The molecule has 1 saturated heterocycles. The third kappa shape index (κ3) is 6.10. The first-order valence-electron chi connectivity index (χ1n) is 11.6. The van der Waals surface area contributed by atoms with Crippen molar-refractivity contribution < 1.29 is 38.2 Å². The van der Waals surface area contributed by atoms with Gasteiger partial charge in [0.15, 0.2) is 6.61 Å². The van der Waals surface area contributed by atoms with Gasteiger partial charge in [0.1, 0.15) is 17.1 Å². The van der Waals surface area contributed by atoms with Crippen LogP contribution in [0.2, 0.25) is 0 Å². The Balaban J connectivity index is 1.52. The van der Waals surface area contributed by atoms with Crippen LogP contribution in [0.4, 0.5) is 16.2 Å². The highest BCUT2D eigenvalue weighted by atomic mass is 16.5. The number of benzene rings is 3. The highest BCUT2D eigenvalue weighted by Gasteiger charge is 2.37. The van der Waals surface area contributed by atoms with Gasteiger partial charge in [-0.2, -0.15) is 0 Å². The van der Waals surface area contributed by atoms with Gasteiger partial charge >= 0.3 is 12.0 Å². The van der Waals surface area contributed by atoms with Crippen LogP contribution in [-0.2, 0) is 19.1 Å². The third-order valence-electron chi connectivity index (χ3n) is 5.60. The number of ether oxygens (including phenoxy) is 3. The third-order valence-corrected chi connectivity index (χ3v) is 5.60. The summed E-state index contributed by atoms with van der Waals surface area (Å²) in [5.41, 5.74) is 0.922. The lowest BCUT2D eigenvalue weighted by Crippen LogP contribution is -2.54. The standard InChI is InChI=1S/C28H23N3O8/c1-37-21-13-9-19(10-14-21)29-24(32)16-39-23-6-4-3-5-18(23)15-22-25(33)30-28(36)31(26(22)34)20-11-7-17(8-12-20)27(35)38-2/h3-15H,16H2,1-2H3,(H,29,32)(H,30,33,36)/b22-15-. The molecule has 2 N–H and O–H groups in total. The molecule has 1 aliphatic heterocycles. The summed E-state index contributed by atoms with van der Waals surface area (Å²) >= 11 is 0. The Labute approximate surface area is 223 Å². The van der Waals surface area contributed by atoms with Gasteiger partial charge in [0.2, 0.25) is 0 Å². The quantitative estimate of drug-likeness (QED) is 0.258. The van der Waals surface area contributed by atoms with Gasteiger partial charge in [-0.1, -0.05) is 18.2 Å². The molecule has 0 radical (unpaired) electrons. The summed E-state index contributed by atoms with van der Waals surface area (Å²) in [6.07, 6.45) is 1.27. The Kier molecular flexibility index (Phi) is 8.00. The second kappa shape index (κ2) is 11.7. The SMILES string of the molecule is COC(=O)c1ccc(N2C(=O)NC(=O)/C(=C/c3ccccc3OCC(=O)Nc3ccc(OC)cc3)C2=O)cc1. The lowest BCUT2D eigenvalue weighted by molar-refractivity contribution is -0.122. The number of nitrogens with one attached hydrogen (secondary N) is 2. The van der Waals surface area contributed by atoms with Crippen LogP contribution in [0.1, 0.15) is 15.9 Å². The van der Waals surface area contributed by atoms with E-state index in [0.29, 0.717) is 17.0 Å². The fourth-order valence-corrected chi connectivity index (χ4v) is 3.66. The van der Waals surface area contributed by atoms with Gasteiger partial charge in [-0.25, -0.2) is 14.5 Å². The second-order valence-electron chi connectivity index (χ2n) is 8.10. The number of nitrogens with zero attached hydrogens (tertiary/aromatic N) is 1. The van der Waals surface area contributed by atoms with E-state index in [1.807, 2.05) is 0 Å². The van der Waals surface area contributed by atoms with E-state index < -0.39 is 29.7 Å². The van der Waals surface area contributed by atoms with Crippen molar-refractivity contribution in [3.63, 3.8) is 0 Å². The number of carbonyl (C=O) groups excluding carboxylic acids is 5. The number of hydrogen-bond acceptors (Lipinski definition) is 8. The molecule has 39 heavy (non-hydrogen) atoms. The topological polar surface area (TPSA) is 140 Å². The van der Waals surface area contributed by atoms with Crippen molar-refractivity contribution >= 4 is 47.2 Å². The van der Waals surface area contributed by atoms with Crippen molar-refractivity contribution in [2.45, 2.75) is 0 Å². The number of para-hydroxylation sites is 1. The molecule has 0 unspecified atom stereocenters. The molecule has 11 heteroatoms.